The van der Waals surface area contributed by atoms with Crippen LogP contribution in [0.5, 0.6) is 0 Å². The molecule has 0 aromatic rings. The van der Waals surface area contributed by atoms with Gasteiger partial charge < -0.3 is 33.5 Å². The van der Waals surface area contributed by atoms with Crippen molar-refractivity contribution in [2.24, 2.45) is 0 Å². The van der Waals surface area contributed by atoms with E-state index < -0.39 is 10.9 Å². The van der Waals surface area contributed by atoms with E-state index in [0.29, 0.717) is 19.1 Å². The van der Waals surface area contributed by atoms with Gasteiger partial charge in [-0.05, 0) is 12.8 Å². The third-order valence-electron chi connectivity index (χ3n) is 3.92. The minimum Gasteiger partial charge on any atom is -0.719 e. The summed E-state index contributed by atoms with van der Waals surface area (Å²) in [5, 5.41) is 0. The second-order valence-electron chi connectivity index (χ2n) is 6.57. The monoisotopic (exact) mass is 508 g/mol. The first-order valence-corrected chi connectivity index (χ1v) is 17.6. The second-order valence-corrected chi connectivity index (χ2v) is 19.1. The van der Waals surface area contributed by atoms with Crippen molar-refractivity contribution >= 4 is 59.0 Å². The molecule has 10 heteroatoms. The van der Waals surface area contributed by atoms with Crippen molar-refractivity contribution in [3.63, 3.8) is 0 Å². The fraction of sp³-hybridized carbons (Fsp3) is 1.00. The van der Waals surface area contributed by atoms with E-state index in [0.717, 1.165) is 12.8 Å². The van der Waals surface area contributed by atoms with Gasteiger partial charge >= 0.3 is 59.1 Å². The van der Waals surface area contributed by atoms with Gasteiger partial charge in [0.2, 0.25) is 0 Å². The summed E-state index contributed by atoms with van der Waals surface area (Å²) in [5.41, 5.74) is -4.63. The van der Waals surface area contributed by atoms with E-state index in [4.69, 9.17) is 57.2 Å². The SMILES string of the molecule is CCCCCCCCOP(=S)([S-])CP(=S)([S-])OCCCCCCCC.[Na+].[Na+]. The summed E-state index contributed by atoms with van der Waals surface area (Å²) in [6.45, 7) is 5.75. The van der Waals surface area contributed by atoms with E-state index in [1.807, 2.05) is 0 Å². The summed E-state index contributed by atoms with van der Waals surface area (Å²) < 4.78 is 11.6. The molecule has 0 fully saturated rings. The molecule has 152 valence electrons. The first kappa shape index (κ1) is 35.5. The van der Waals surface area contributed by atoms with E-state index in [-0.39, 0.29) is 59.1 Å². The molecule has 0 aliphatic carbocycles. The van der Waals surface area contributed by atoms with Crippen LogP contribution in [0.2, 0.25) is 0 Å². The van der Waals surface area contributed by atoms with Gasteiger partial charge in [0.25, 0.3) is 0 Å². The molecular weight excluding hydrogens is 472 g/mol. The van der Waals surface area contributed by atoms with Gasteiger partial charge in [0.05, 0.1) is 0 Å². The third-order valence-corrected chi connectivity index (χ3v) is 13.3. The molecular formula is C17H36Na2O2P2S4. The molecule has 0 rings (SSSR count). The number of unbranched alkanes of at least 4 members (excludes halogenated alkanes) is 10. The average molecular weight is 509 g/mol. The van der Waals surface area contributed by atoms with Crippen molar-refractivity contribution in [3.05, 3.63) is 0 Å². The predicted octanol–water partition coefficient (Wildman–Crippen LogP) is 1.42. The zero-order valence-corrected chi connectivity index (χ0v) is 27.0. The summed E-state index contributed by atoms with van der Waals surface area (Å²) in [6, 6.07) is 0. The molecule has 0 aliphatic heterocycles. The van der Waals surface area contributed by atoms with Gasteiger partial charge in [-0.15, -0.1) is 0 Å². The predicted molar refractivity (Wildman–Crippen MR) is 127 cm³/mol. The van der Waals surface area contributed by atoms with Crippen LogP contribution in [0.3, 0.4) is 0 Å². The summed E-state index contributed by atoms with van der Waals surface area (Å²) in [6.07, 6.45) is 14.7. The van der Waals surface area contributed by atoms with Crippen molar-refractivity contribution in [1.29, 1.82) is 0 Å². The Hall–Kier alpha value is 3.92. The normalized spacial score (nSPS) is 15.3. The van der Waals surface area contributed by atoms with Crippen molar-refractivity contribution in [1.82, 2.24) is 0 Å². The van der Waals surface area contributed by atoms with Crippen LogP contribution in [0.1, 0.15) is 90.9 Å². The first-order valence-electron chi connectivity index (χ1n) is 9.72. The standard InChI is InChI=1S/C17H38O2P2S4.2Na/c1-3-5-7-9-11-13-15-18-20(22,23)17-21(24,25)19-16-14-12-10-8-6-4-2;;/h3-17H2,1-2H3,(H,22,23)(H,24,25);;/q;2*+1/p-2. The van der Waals surface area contributed by atoms with Crippen LogP contribution < -0.4 is 59.1 Å². The first-order chi connectivity index (χ1) is 11.8. The van der Waals surface area contributed by atoms with Crippen molar-refractivity contribution in [2.45, 2.75) is 90.9 Å². The van der Waals surface area contributed by atoms with E-state index in [1.165, 1.54) is 64.2 Å². The Morgan fingerprint density at radius 3 is 1.22 bits per heavy atom. The van der Waals surface area contributed by atoms with Crippen LogP contribution in [0.25, 0.3) is 0 Å². The molecule has 0 saturated heterocycles. The maximum absolute atomic E-state index is 5.80. The van der Waals surface area contributed by atoms with Crippen LogP contribution in [-0.4, -0.2) is 19.1 Å². The quantitative estimate of drug-likeness (QED) is 0.120. The summed E-state index contributed by atoms with van der Waals surface area (Å²) >= 11 is 21.9. The minimum atomic E-state index is -2.31. The Balaban J connectivity index is -0.00000288. The van der Waals surface area contributed by atoms with Crippen LogP contribution in [0, 0.1) is 0 Å². The molecule has 0 heterocycles. The maximum Gasteiger partial charge on any atom is 1.00 e. The van der Waals surface area contributed by atoms with E-state index in [2.05, 4.69) is 13.8 Å². The number of rotatable bonds is 18. The summed E-state index contributed by atoms with van der Waals surface area (Å²) in [7, 11) is 0. The smallest absolute Gasteiger partial charge is 0.719 e. The van der Waals surface area contributed by atoms with Crippen LogP contribution in [0.4, 0.5) is 0 Å². The average Bonchev–Trinajstić information content (AvgIpc) is 2.52. The zero-order chi connectivity index (χ0) is 19.0. The Bertz CT molecular complexity index is 382. The Labute approximate surface area is 234 Å². The maximum atomic E-state index is 5.80. The van der Waals surface area contributed by atoms with Gasteiger partial charge in [-0.25, -0.2) is 0 Å². The molecule has 0 saturated carbocycles. The Morgan fingerprint density at radius 1 is 0.593 bits per heavy atom. The number of hydrogen-bond acceptors (Lipinski definition) is 6. The van der Waals surface area contributed by atoms with Crippen molar-refractivity contribution < 1.29 is 68.2 Å². The molecule has 27 heavy (non-hydrogen) atoms. The zero-order valence-electron chi connectivity index (χ0n) is 18.0. The van der Waals surface area contributed by atoms with Gasteiger partial charge in [-0.1, -0.05) is 113 Å². The summed E-state index contributed by atoms with van der Waals surface area (Å²) in [5.74, 6) is 0.432. The van der Waals surface area contributed by atoms with Crippen LogP contribution in [0.15, 0.2) is 0 Å². The fourth-order valence-electron chi connectivity index (χ4n) is 2.47. The Morgan fingerprint density at radius 2 is 0.889 bits per heavy atom. The van der Waals surface area contributed by atoms with E-state index in [1.54, 1.807) is 0 Å². The molecule has 0 aliphatic rings. The minimum absolute atomic E-state index is 0. The molecule has 0 amide bonds. The van der Waals surface area contributed by atoms with E-state index >= 15 is 0 Å². The van der Waals surface area contributed by atoms with Gasteiger partial charge in [-0.2, -0.15) is 0 Å². The molecule has 2 nitrogen and oxygen atoms in total. The molecule has 0 spiro atoms. The van der Waals surface area contributed by atoms with E-state index in [9.17, 15) is 0 Å². The molecule has 0 radical (unpaired) electrons. The molecule has 2 unspecified atom stereocenters. The van der Waals surface area contributed by atoms with Gasteiger partial charge in [0.1, 0.15) is 0 Å². The van der Waals surface area contributed by atoms with Crippen molar-refractivity contribution in [2.75, 3.05) is 19.1 Å². The topological polar surface area (TPSA) is 18.5 Å². The molecule has 2 atom stereocenters. The summed E-state index contributed by atoms with van der Waals surface area (Å²) in [4.78, 5) is 0. The second kappa shape index (κ2) is 23.1. The van der Waals surface area contributed by atoms with Gasteiger partial charge in [0, 0.05) is 19.1 Å². The van der Waals surface area contributed by atoms with Crippen LogP contribution in [-0.2, 0) is 57.2 Å². The third kappa shape index (κ3) is 26.1. The largest absolute Gasteiger partial charge is 1.00 e. The van der Waals surface area contributed by atoms with Crippen molar-refractivity contribution in [3.8, 4) is 0 Å². The Kier molecular flexibility index (Phi) is 30.4. The van der Waals surface area contributed by atoms with Gasteiger partial charge in [-0.3, -0.25) is 0 Å². The molecule has 0 N–H and O–H groups in total. The molecule has 0 bridgehead atoms. The fourth-order valence-corrected chi connectivity index (χ4v) is 15.0. The number of hydrogen-bond donors (Lipinski definition) is 0. The van der Waals surface area contributed by atoms with Gasteiger partial charge in [0.15, 0.2) is 0 Å². The molecule has 0 aromatic carbocycles. The van der Waals surface area contributed by atoms with Crippen LogP contribution >= 0.6 is 10.9 Å². The molecule has 0 aromatic heterocycles.